The summed E-state index contributed by atoms with van der Waals surface area (Å²) in [5.74, 6) is -0.000599. The summed E-state index contributed by atoms with van der Waals surface area (Å²) in [5.41, 5.74) is 0. The van der Waals surface area contributed by atoms with Gasteiger partial charge in [0.2, 0.25) is 0 Å². The predicted molar refractivity (Wildman–Crippen MR) is 183 cm³/mol. The third-order valence-electron chi connectivity index (χ3n) is 8.88. The van der Waals surface area contributed by atoms with E-state index in [0.717, 1.165) is 19.3 Å². The van der Waals surface area contributed by atoms with Crippen molar-refractivity contribution in [3.05, 3.63) is 0 Å². The molecule has 0 aromatic rings. The first-order valence-electron chi connectivity index (χ1n) is 19.0. The molecule has 246 valence electrons. The number of esters is 1. The minimum absolute atomic E-state index is 0.000599. The van der Waals surface area contributed by atoms with Gasteiger partial charge in [0.25, 0.3) is 0 Å². The Bertz CT molecular complexity index is 507. The van der Waals surface area contributed by atoms with Crippen LogP contribution in [0.2, 0.25) is 0 Å². The van der Waals surface area contributed by atoms with E-state index in [1.165, 1.54) is 180 Å². The Kier molecular flexibility index (Phi) is 33.5. The molecule has 0 saturated heterocycles. The summed E-state index contributed by atoms with van der Waals surface area (Å²) >= 11 is 0. The fraction of sp³-hybridized carbons (Fsp3) is 0.974. The molecule has 1 unspecified atom stereocenters. The van der Waals surface area contributed by atoms with E-state index in [4.69, 9.17) is 4.74 Å². The van der Waals surface area contributed by atoms with Crippen LogP contribution in [0.3, 0.4) is 0 Å². The summed E-state index contributed by atoms with van der Waals surface area (Å²) < 4.78 is 5.84. The summed E-state index contributed by atoms with van der Waals surface area (Å²) in [7, 11) is 4.08. The first-order chi connectivity index (χ1) is 20.1. The molecule has 0 N–H and O–H groups in total. The van der Waals surface area contributed by atoms with Gasteiger partial charge >= 0.3 is 5.97 Å². The van der Waals surface area contributed by atoms with Crippen LogP contribution in [-0.4, -0.2) is 31.2 Å². The third kappa shape index (κ3) is 32.2. The van der Waals surface area contributed by atoms with Crippen LogP contribution in [-0.2, 0) is 9.53 Å². The average Bonchev–Trinajstić information content (AvgIpc) is 2.96. The molecule has 1 atom stereocenters. The number of nitrogens with zero attached hydrogens (tertiary/aromatic N) is 1. The standard InChI is InChI=1S/C38H77NO2/c1-5-7-9-11-13-15-17-19-21-23-25-27-29-31-33-35-37(39(3)4)41-38(40)36-34-32-30-28-26-24-22-20-18-16-14-12-10-8-6-2/h37H,5-36H2,1-4H3. The highest BCUT2D eigenvalue weighted by atomic mass is 16.6. The van der Waals surface area contributed by atoms with E-state index >= 15 is 0 Å². The first kappa shape index (κ1) is 40.4. The number of rotatable bonds is 34. The second-order valence-corrected chi connectivity index (χ2v) is 13.3. The fourth-order valence-corrected chi connectivity index (χ4v) is 5.96. The third-order valence-corrected chi connectivity index (χ3v) is 8.88. The van der Waals surface area contributed by atoms with Gasteiger partial charge in [-0.1, -0.05) is 194 Å². The molecule has 0 amide bonds. The van der Waals surface area contributed by atoms with Crippen LogP contribution in [0.4, 0.5) is 0 Å². The Morgan fingerprint density at radius 2 is 0.707 bits per heavy atom. The molecule has 0 aromatic heterocycles. The molecule has 0 rings (SSSR count). The van der Waals surface area contributed by atoms with Gasteiger partial charge in [-0.05, 0) is 33.4 Å². The van der Waals surface area contributed by atoms with Crippen molar-refractivity contribution in [2.45, 2.75) is 226 Å². The molecule has 0 heterocycles. The van der Waals surface area contributed by atoms with Crippen LogP contribution in [0.15, 0.2) is 0 Å². The summed E-state index contributed by atoms with van der Waals surface area (Å²) in [5, 5.41) is 0. The van der Waals surface area contributed by atoms with Crippen LogP contribution in [0, 0.1) is 0 Å². The Hall–Kier alpha value is -0.570. The predicted octanol–water partition coefficient (Wildman–Crippen LogP) is 12.9. The Morgan fingerprint density at radius 1 is 0.439 bits per heavy atom. The highest BCUT2D eigenvalue weighted by molar-refractivity contribution is 5.69. The molecule has 0 bridgehead atoms. The molecule has 0 aliphatic heterocycles. The Morgan fingerprint density at radius 3 is 1.00 bits per heavy atom. The highest BCUT2D eigenvalue weighted by Crippen LogP contribution is 2.17. The van der Waals surface area contributed by atoms with Gasteiger partial charge in [-0.15, -0.1) is 0 Å². The van der Waals surface area contributed by atoms with E-state index in [1.54, 1.807) is 0 Å². The maximum Gasteiger partial charge on any atom is 0.307 e. The Balaban J connectivity index is 3.50. The van der Waals surface area contributed by atoms with Gasteiger partial charge in [-0.25, -0.2) is 0 Å². The number of unbranched alkanes of at least 4 members (excludes halogenated alkanes) is 28. The van der Waals surface area contributed by atoms with Crippen molar-refractivity contribution in [1.29, 1.82) is 0 Å². The van der Waals surface area contributed by atoms with Crippen molar-refractivity contribution in [3.8, 4) is 0 Å². The smallest absolute Gasteiger partial charge is 0.307 e. The van der Waals surface area contributed by atoms with Gasteiger partial charge in [0.05, 0.1) is 0 Å². The summed E-state index contributed by atoms with van der Waals surface area (Å²) in [6.07, 6.45) is 42.5. The minimum Gasteiger partial charge on any atom is -0.446 e. The molecule has 0 fully saturated rings. The maximum atomic E-state index is 12.4. The normalized spacial score (nSPS) is 12.3. The lowest BCUT2D eigenvalue weighted by Gasteiger charge is -2.24. The zero-order chi connectivity index (χ0) is 30.1. The van der Waals surface area contributed by atoms with Crippen molar-refractivity contribution in [3.63, 3.8) is 0 Å². The maximum absolute atomic E-state index is 12.4. The van der Waals surface area contributed by atoms with Crippen LogP contribution in [0.5, 0.6) is 0 Å². The highest BCUT2D eigenvalue weighted by Gasteiger charge is 2.16. The van der Waals surface area contributed by atoms with E-state index in [2.05, 4.69) is 18.7 Å². The van der Waals surface area contributed by atoms with E-state index in [9.17, 15) is 4.79 Å². The summed E-state index contributed by atoms with van der Waals surface area (Å²) in [6, 6.07) is 0. The quantitative estimate of drug-likeness (QED) is 0.0431. The molecule has 0 aliphatic rings. The SMILES string of the molecule is CCCCCCCCCCCCCCCCCC(=O)OC(CCCCCCCCCCCCCCCCC)N(C)C. The molecule has 3 heteroatoms. The van der Waals surface area contributed by atoms with Crippen LogP contribution in [0.25, 0.3) is 0 Å². The lowest BCUT2D eigenvalue weighted by molar-refractivity contribution is -0.157. The second kappa shape index (κ2) is 33.9. The topological polar surface area (TPSA) is 29.5 Å². The van der Waals surface area contributed by atoms with Crippen LogP contribution in [0.1, 0.15) is 219 Å². The summed E-state index contributed by atoms with van der Waals surface area (Å²) in [4.78, 5) is 14.5. The molecule has 0 radical (unpaired) electrons. The monoisotopic (exact) mass is 580 g/mol. The van der Waals surface area contributed by atoms with Crippen molar-refractivity contribution in [2.75, 3.05) is 14.1 Å². The average molecular weight is 580 g/mol. The van der Waals surface area contributed by atoms with E-state index in [1.807, 2.05) is 14.1 Å². The zero-order valence-corrected chi connectivity index (χ0v) is 29.0. The number of carbonyl (C=O) groups is 1. The van der Waals surface area contributed by atoms with Gasteiger partial charge < -0.3 is 4.74 Å². The zero-order valence-electron chi connectivity index (χ0n) is 29.0. The second-order valence-electron chi connectivity index (χ2n) is 13.3. The lowest BCUT2D eigenvalue weighted by atomic mass is 10.0. The molecule has 0 aromatic carbocycles. The fourth-order valence-electron chi connectivity index (χ4n) is 5.96. The van der Waals surface area contributed by atoms with Crippen molar-refractivity contribution >= 4 is 5.97 Å². The number of hydrogen-bond acceptors (Lipinski definition) is 3. The molecule has 41 heavy (non-hydrogen) atoms. The first-order valence-corrected chi connectivity index (χ1v) is 19.0. The van der Waals surface area contributed by atoms with E-state index in [-0.39, 0.29) is 12.2 Å². The van der Waals surface area contributed by atoms with Crippen LogP contribution < -0.4 is 0 Å². The molecular formula is C38H77NO2. The minimum atomic E-state index is -0.0548. The lowest BCUT2D eigenvalue weighted by Crippen LogP contribution is -2.32. The van der Waals surface area contributed by atoms with Crippen LogP contribution >= 0.6 is 0 Å². The summed E-state index contributed by atoms with van der Waals surface area (Å²) in [6.45, 7) is 4.58. The molecule has 3 nitrogen and oxygen atoms in total. The van der Waals surface area contributed by atoms with Crippen molar-refractivity contribution in [1.82, 2.24) is 4.90 Å². The Labute approximate surface area is 259 Å². The largest absolute Gasteiger partial charge is 0.446 e. The molecular weight excluding hydrogens is 502 g/mol. The van der Waals surface area contributed by atoms with E-state index in [0.29, 0.717) is 6.42 Å². The van der Waals surface area contributed by atoms with Crippen molar-refractivity contribution in [2.24, 2.45) is 0 Å². The van der Waals surface area contributed by atoms with Gasteiger partial charge in [0.1, 0.15) is 0 Å². The van der Waals surface area contributed by atoms with Gasteiger partial charge in [0, 0.05) is 6.42 Å². The molecule has 0 saturated carbocycles. The number of hydrogen-bond donors (Lipinski definition) is 0. The van der Waals surface area contributed by atoms with E-state index < -0.39 is 0 Å². The van der Waals surface area contributed by atoms with Crippen molar-refractivity contribution < 1.29 is 9.53 Å². The van der Waals surface area contributed by atoms with Gasteiger partial charge in [0.15, 0.2) is 6.23 Å². The van der Waals surface area contributed by atoms with Gasteiger partial charge in [-0.2, -0.15) is 0 Å². The molecule has 0 aliphatic carbocycles. The number of ether oxygens (including phenoxy) is 1. The molecule has 0 spiro atoms. The number of carbonyl (C=O) groups excluding carboxylic acids is 1. The van der Waals surface area contributed by atoms with Gasteiger partial charge in [-0.3, -0.25) is 9.69 Å².